The molecule has 1 amide bonds. The molecule has 0 spiro atoms. The molecule has 0 aromatic carbocycles. The van der Waals surface area contributed by atoms with Gasteiger partial charge in [-0.05, 0) is 51.4 Å². The van der Waals surface area contributed by atoms with Crippen LogP contribution in [-0.4, -0.2) is 54.2 Å². The zero-order valence-electron chi connectivity index (χ0n) is 15.3. The lowest BCUT2D eigenvalue weighted by Crippen LogP contribution is -2.40. The summed E-state index contributed by atoms with van der Waals surface area (Å²) in [5.41, 5.74) is -0.443. The Morgan fingerprint density at radius 2 is 2.19 bits per heavy atom. The summed E-state index contributed by atoms with van der Waals surface area (Å²) in [5, 5.41) is 3.93. The molecule has 1 aliphatic heterocycles. The van der Waals surface area contributed by atoms with Crippen LogP contribution in [0.15, 0.2) is 4.52 Å². The van der Waals surface area contributed by atoms with Crippen molar-refractivity contribution >= 4 is 15.9 Å². The Morgan fingerprint density at radius 1 is 1.42 bits per heavy atom. The molecule has 0 bridgehead atoms. The maximum atomic E-state index is 12.6. The van der Waals surface area contributed by atoms with Gasteiger partial charge in [0.1, 0.15) is 0 Å². The number of amides is 1. The van der Waals surface area contributed by atoms with E-state index < -0.39 is 15.4 Å². The summed E-state index contributed by atoms with van der Waals surface area (Å²) in [6.45, 7) is 4.58. The van der Waals surface area contributed by atoms with E-state index in [0.29, 0.717) is 50.0 Å². The Kier molecular flexibility index (Phi) is 4.34. The first-order chi connectivity index (χ1) is 12.3. The van der Waals surface area contributed by atoms with Gasteiger partial charge in [0.15, 0.2) is 5.82 Å². The smallest absolute Gasteiger partial charge is 0.235 e. The molecule has 3 aliphatic rings. The minimum atomic E-state index is -3.27. The minimum Gasteiger partial charge on any atom is -0.341 e. The van der Waals surface area contributed by atoms with Gasteiger partial charge in [-0.2, -0.15) is 4.98 Å². The number of likely N-dealkylation sites (tertiary alicyclic amines) is 1. The van der Waals surface area contributed by atoms with E-state index in [1.807, 2.05) is 4.90 Å². The van der Waals surface area contributed by atoms with E-state index in [4.69, 9.17) is 4.52 Å². The Bertz CT molecular complexity index is 803. The molecular weight excluding hydrogens is 356 g/mol. The molecule has 3 fully saturated rings. The molecule has 1 saturated heterocycles. The van der Waals surface area contributed by atoms with Gasteiger partial charge >= 0.3 is 0 Å². The van der Waals surface area contributed by atoms with Crippen LogP contribution in [0.3, 0.4) is 0 Å². The summed E-state index contributed by atoms with van der Waals surface area (Å²) >= 11 is 0. The predicted molar refractivity (Wildman–Crippen MR) is 93.7 cm³/mol. The molecule has 26 heavy (non-hydrogen) atoms. The van der Waals surface area contributed by atoms with Crippen LogP contribution in [0.2, 0.25) is 0 Å². The molecule has 1 aromatic heterocycles. The fourth-order valence-electron chi connectivity index (χ4n) is 4.52. The highest BCUT2D eigenvalue weighted by molar-refractivity contribution is 7.89. The van der Waals surface area contributed by atoms with Crippen LogP contribution < -0.4 is 4.72 Å². The highest BCUT2D eigenvalue weighted by atomic mass is 32.2. The number of nitrogens with zero attached hydrogens (tertiary/aromatic N) is 3. The number of carbonyl (C=O) groups is 1. The first-order valence-electron chi connectivity index (χ1n) is 9.40. The third kappa shape index (κ3) is 3.26. The van der Waals surface area contributed by atoms with Crippen LogP contribution in [0.5, 0.6) is 0 Å². The zero-order valence-corrected chi connectivity index (χ0v) is 16.1. The Hall–Kier alpha value is -1.48. The van der Waals surface area contributed by atoms with Crippen LogP contribution in [0.4, 0.5) is 0 Å². The molecule has 3 atom stereocenters. The minimum absolute atomic E-state index is 0.0623. The maximum Gasteiger partial charge on any atom is 0.235 e. The molecule has 2 saturated carbocycles. The maximum absolute atomic E-state index is 12.6. The van der Waals surface area contributed by atoms with E-state index in [-0.39, 0.29) is 23.6 Å². The normalized spacial score (nSPS) is 31.4. The van der Waals surface area contributed by atoms with E-state index in [2.05, 4.69) is 14.9 Å². The molecule has 8 nitrogen and oxygen atoms in total. The number of fused-ring (bicyclic) bond motifs is 1. The van der Waals surface area contributed by atoms with Crippen molar-refractivity contribution in [2.75, 3.05) is 18.8 Å². The Labute approximate surface area is 153 Å². The number of rotatable bonds is 6. The predicted octanol–water partition coefficient (Wildman–Crippen LogP) is 0.976. The van der Waals surface area contributed by atoms with Crippen molar-refractivity contribution in [2.45, 2.75) is 57.4 Å². The van der Waals surface area contributed by atoms with E-state index in [1.54, 1.807) is 13.8 Å². The fourth-order valence-corrected chi connectivity index (χ4v) is 5.37. The van der Waals surface area contributed by atoms with Crippen LogP contribution in [0.1, 0.15) is 50.7 Å². The molecule has 2 aliphatic carbocycles. The van der Waals surface area contributed by atoms with Crippen LogP contribution >= 0.6 is 0 Å². The first-order valence-corrected chi connectivity index (χ1v) is 11.0. The number of hydrogen-bond acceptors (Lipinski definition) is 6. The fraction of sp³-hybridized carbons (Fsp3) is 0.824. The summed E-state index contributed by atoms with van der Waals surface area (Å²) < 4.78 is 32.3. The van der Waals surface area contributed by atoms with Gasteiger partial charge in [0.05, 0.1) is 11.2 Å². The summed E-state index contributed by atoms with van der Waals surface area (Å²) in [6.07, 6.45) is 4.20. The van der Waals surface area contributed by atoms with Gasteiger partial charge in [-0.15, -0.1) is 0 Å². The second kappa shape index (κ2) is 6.30. The SMILES string of the molecule is CCS(=O)(=O)N[C@@H]1CC2CN(C(=O)CC3CC3)C[C@@]2(c2nc(C)no2)C1. The highest BCUT2D eigenvalue weighted by Crippen LogP contribution is 2.50. The molecule has 0 radical (unpaired) electrons. The van der Waals surface area contributed by atoms with E-state index in [9.17, 15) is 13.2 Å². The second-order valence-corrected chi connectivity index (χ2v) is 10.1. The van der Waals surface area contributed by atoms with Crippen LogP contribution in [-0.2, 0) is 20.2 Å². The Balaban J connectivity index is 1.56. The lowest BCUT2D eigenvalue weighted by atomic mass is 9.80. The number of sulfonamides is 1. The monoisotopic (exact) mass is 382 g/mol. The van der Waals surface area contributed by atoms with Crippen LogP contribution in [0, 0.1) is 18.8 Å². The van der Waals surface area contributed by atoms with Crippen molar-refractivity contribution < 1.29 is 17.7 Å². The van der Waals surface area contributed by atoms with Crippen molar-refractivity contribution in [3.8, 4) is 0 Å². The number of carbonyl (C=O) groups excluding carboxylic acids is 1. The van der Waals surface area contributed by atoms with Crippen molar-refractivity contribution in [1.29, 1.82) is 0 Å². The van der Waals surface area contributed by atoms with Crippen molar-refractivity contribution in [3.63, 3.8) is 0 Å². The highest BCUT2D eigenvalue weighted by Gasteiger charge is 2.58. The van der Waals surface area contributed by atoms with Crippen molar-refractivity contribution in [1.82, 2.24) is 19.8 Å². The lowest BCUT2D eigenvalue weighted by molar-refractivity contribution is -0.130. The van der Waals surface area contributed by atoms with Gasteiger partial charge in [-0.25, -0.2) is 13.1 Å². The average Bonchev–Trinajstić information content (AvgIpc) is 3.00. The van der Waals surface area contributed by atoms with Crippen molar-refractivity contribution in [2.24, 2.45) is 11.8 Å². The standard InChI is InChI=1S/C17H26N4O4S/c1-3-26(23,24)20-14-7-13-9-21(15(22)6-12-4-5-12)10-17(13,8-14)16-18-11(2)19-25-16/h12-14,20H,3-10H2,1-2H3/t13?,14-,17+/m1/s1. The summed E-state index contributed by atoms with van der Waals surface area (Å²) in [4.78, 5) is 19.0. The molecule has 9 heteroatoms. The third-order valence-electron chi connectivity index (χ3n) is 6.07. The molecule has 1 aromatic rings. The van der Waals surface area contributed by atoms with Gasteiger partial charge in [0.2, 0.25) is 21.8 Å². The van der Waals surface area contributed by atoms with Gasteiger partial charge in [-0.1, -0.05) is 5.16 Å². The number of nitrogens with one attached hydrogen (secondary N) is 1. The number of hydrogen-bond donors (Lipinski definition) is 1. The van der Waals surface area contributed by atoms with Gasteiger partial charge in [-0.3, -0.25) is 4.79 Å². The second-order valence-electron chi connectivity index (χ2n) is 8.08. The van der Waals surface area contributed by atoms with Gasteiger partial charge in [0.25, 0.3) is 0 Å². The van der Waals surface area contributed by atoms with Gasteiger partial charge in [0, 0.05) is 25.6 Å². The molecule has 144 valence electrons. The van der Waals surface area contributed by atoms with Crippen molar-refractivity contribution in [3.05, 3.63) is 11.7 Å². The molecule has 4 rings (SSSR count). The van der Waals surface area contributed by atoms with Crippen LogP contribution in [0.25, 0.3) is 0 Å². The summed E-state index contributed by atoms with van der Waals surface area (Å²) in [7, 11) is -3.27. The average molecular weight is 382 g/mol. The van der Waals surface area contributed by atoms with Gasteiger partial charge < -0.3 is 9.42 Å². The summed E-state index contributed by atoms with van der Waals surface area (Å²) in [6, 6.07) is -0.155. The lowest BCUT2D eigenvalue weighted by Gasteiger charge is -2.25. The largest absolute Gasteiger partial charge is 0.341 e. The summed E-state index contributed by atoms with van der Waals surface area (Å²) in [5.74, 6) is 2.05. The number of aromatic nitrogens is 2. The zero-order chi connectivity index (χ0) is 18.5. The van der Waals surface area contributed by atoms with E-state index in [1.165, 1.54) is 0 Å². The topological polar surface area (TPSA) is 105 Å². The number of aryl methyl sites for hydroxylation is 1. The molecule has 2 heterocycles. The molecule has 1 unspecified atom stereocenters. The molecule has 1 N–H and O–H groups in total. The van der Waals surface area contributed by atoms with E-state index >= 15 is 0 Å². The third-order valence-corrected chi connectivity index (χ3v) is 7.52. The first kappa shape index (κ1) is 17.9. The van der Waals surface area contributed by atoms with E-state index in [0.717, 1.165) is 12.8 Å². The Morgan fingerprint density at radius 3 is 2.81 bits per heavy atom. The molecular formula is C17H26N4O4S. The quantitative estimate of drug-likeness (QED) is 0.786.